The number of hydrogen-bond donors (Lipinski definition) is 1. The lowest BCUT2D eigenvalue weighted by Crippen LogP contribution is -2.28. The summed E-state index contributed by atoms with van der Waals surface area (Å²) in [6.07, 6.45) is 2.28. The first kappa shape index (κ1) is 13.8. The van der Waals surface area contributed by atoms with Crippen molar-refractivity contribution in [2.75, 3.05) is 19.8 Å². The Morgan fingerprint density at radius 1 is 1.71 bits per heavy atom. The Morgan fingerprint density at radius 3 is 3.06 bits per heavy atom. The Labute approximate surface area is 120 Å². The van der Waals surface area contributed by atoms with Crippen LogP contribution in [-0.4, -0.2) is 19.8 Å². The molecule has 0 spiro atoms. The molecule has 1 N–H and O–H groups in total. The third kappa shape index (κ3) is 3.44. The maximum Gasteiger partial charge on any atom is 0.107 e. The van der Waals surface area contributed by atoms with E-state index in [1.54, 1.807) is 11.3 Å². The van der Waals surface area contributed by atoms with E-state index in [1.165, 1.54) is 4.88 Å². The van der Waals surface area contributed by atoms with Crippen LogP contribution in [0.25, 0.3) is 0 Å². The van der Waals surface area contributed by atoms with Crippen LogP contribution >= 0.6 is 38.9 Å². The van der Waals surface area contributed by atoms with Gasteiger partial charge in [-0.2, -0.15) is 0 Å². The molecule has 2 unspecified atom stereocenters. The van der Waals surface area contributed by atoms with Crippen LogP contribution in [-0.2, 0) is 4.74 Å². The highest BCUT2D eigenvalue weighted by molar-refractivity contribution is 9.10. The zero-order chi connectivity index (χ0) is 12.3. The molecule has 1 aromatic heterocycles. The van der Waals surface area contributed by atoms with Gasteiger partial charge in [0.15, 0.2) is 0 Å². The SMILES string of the molecule is CCCNC(c1cc(Br)c(Cl)s1)C1CCOC1. The first-order chi connectivity index (χ1) is 8.22. The van der Waals surface area contributed by atoms with Crippen molar-refractivity contribution < 1.29 is 4.74 Å². The zero-order valence-electron chi connectivity index (χ0n) is 9.84. The largest absolute Gasteiger partial charge is 0.381 e. The summed E-state index contributed by atoms with van der Waals surface area (Å²) in [5.41, 5.74) is 0. The van der Waals surface area contributed by atoms with E-state index in [4.69, 9.17) is 16.3 Å². The molecule has 0 amide bonds. The predicted molar refractivity (Wildman–Crippen MR) is 77.0 cm³/mol. The van der Waals surface area contributed by atoms with Gasteiger partial charge in [0.25, 0.3) is 0 Å². The van der Waals surface area contributed by atoms with Gasteiger partial charge >= 0.3 is 0 Å². The summed E-state index contributed by atoms with van der Waals surface area (Å²) in [5, 5.41) is 3.62. The molecule has 2 atom stereocenters. The van der Waals surface area contributed by atoms with Crippen LogP contribution in [0.1, 0.15) is 30.7 Å². The predicted octanol–water partition coefficient (Wildman–Crippen LogP) is 4.24. The molecule has 1 aliphatic heterocycles. The van der Waals surface area contributed by atoms with Gasteiger partial charge in [-0.15, -0.1) is 11.3 Å². The van der Waals surface area contributed by atoms with E-state index < -0.39 is 0 Å². The molecule has 0 aromatic carbocycles. The van der Waals surface area contributed by atoms with Crippen molar-refractivity contribution in [2.24, 2.45) is 5.92 Å². The Kier molecular flexibility index (Phi) is 5.30. The summed E-state index contributed by atoms with van der Waals surface area (Å²) in [4.78, 5) is 1.31. The average Bonchev–Trinajstić information content (AvgIpc) is 2.92. The number of thiophene rings is 1. The fourth-order valence-corrected chi connectivity index (χ4v) is 4.04. The van der Waals surface area contributed by atoms with E-state index >= 15 is 0 Å². The van der Waals surface area contributed by atoms with Crippen LogP contribution in [0.4, 0.5) is 0 Å². The number of nitrogens with one attached hydrogen (secondary N) is 1. The van der Waals surface area contributed by atoms with Crippen molar-refractivity contribution in [2.45, 2.75) is 25.8 Å². The second-order valence-corrected chi connectivity index (χ2v) is 6.87. The van der Waals surface area contributed by atoms with Crippen LogP contribution in [0.15, 0.2) is 10.5 Å². The molecule has 5 heteroatoms. The van der Waals surface area contributed by atoms with Gasteiger partial charge in [-0.3, -0.25) is 0 Å². The number of halogens is 2. The molecule has 0 bridgehead atoms. The maximum atomic E-state index is 6.13. The van der Waals surface area contributed by atoms with Gasteiger partial charge in [0, 0.05) is 27.9 Å². The molecular weight excluding hydrogens is 322 g/mol. The van der Waals surface area contributed by atoms with Gasteiger partial charge in [0.1, 0.15) is 4.34 Å². The van der Waals surface area contributed by atoms with E-state index in [0.717, 1.165) is 41.4 Å². The fraction of sp³-hybridized carbons (Fsp3) is 0.667. The highest BCUT2D eigenvalue weighted by Crippen LogP contribution is 2.39. The molecule has 17 heavy (non-hydrogen) atoms. The summed E-state index contributed by atoms with van der Waals surface area (Å²) in [7, 11) is 0. The van der Waals surface area contributed by atoms with Gasteiger partial charge in [-0.1, -0.05) is 18.5 Å². The number of hydrogen-bond acceptors (Lipinski definition) is 3. The number of ether oxygens (including phenoxy) is 1. The third-order valence-electron chi connectivity index (χ3n) is 3.02. The Balaban J connectivity index is 2.13. The van der Waals surface area contributed by atoms with E-state index in [0.29, 0.717) is 12.0 Å². The summed E-state index contributed by atoms with van der Waals surface area (Å²) in [6, 6.07) is 2.52. The van der Waals surface area contributed by atoms with Crippen molar-refractivity contribution in [1.29, 1.82) is 0 Å². The van der Waals surface area contributed by atoms with Crippen LogP contribution in [0.2, 0.25) is 4.34 Å². The first-order valence-electron chi connectivity index (χ1n) is 5.98. The van der Waals surface area contributed by atoms with Crippen molar-refractivity contribution >= 4 is 38.9 Å². The van der Waals surface area contributed by atoms with Crippen molar-refractivity contribution in [3.05, 3.63) is 19.8 Å². The molecule has 1 aliphatic rings. The van der Waals surface area contributed by atoms with Crippen LogP contribution in [0.5, 0.6) is 0 Å². The highest BCUT2D eigenvalue weighted by Gasteiger charge is 2.28. The molecule has 0 saturated carbocycles. The molecule has 1 aromatic rings. The molecule has 0 radical (unpaired) electrons. The third-order valence-corrected chi connectivity index (χ3v) is 5.58. The molecule has 1 saturated heterocycles. The van der Waals surface area contributed by atoms with Crippen molar-refractivity contribution in [3.63, 3.8) is 0 Å². The maximum absolute atomic E-state index is 6.13. The van der Waals surface area contributed by atoms with Gasteiger partial charge < -0.3 is 10.1 Å². The Hall–Kier alpha value is 0.390. The van der Waals surface area contributed by atoms with Crippen LogP contribution < -0.4 is 5.32 Å². The van der Waals surface area contributed by atoms with Crippen LogP contribution in [0.3, 0.4) is 0 Å². The molecule has 0 aliphatic carbocycles. The highest BCUT2D eigenvalue weighted by atomic mass is 79.9. The summed E-state index contributed by atoms with van der Waals surface area (Å²) in [5.74, 6) is 0.572. The van der Waals surface area contributed by atoms with E-state index in [1.807, 2.05) is 0 Å². The Morgan fingerprint density at radius 2 is 2.53 bits per heavy atom. The summed E-state index contributed by atoms with van der Waals surface area (Å²) >= 11 is 11.3. The quantitative estimate of drug-likeness (QED) is 0.867. The monoisotopic (exact) mass is 337 g/mol. The van der Waals surface area contributed by atoms with E-state index in [2.05, 4.69) is 34.2 Å². The fourth-order valence-electron chi connectivity index (χ4n) is 2.13. The minimum Gasteiger partial charge on any atom is -0.381 e. The molecule has 96 valence electrons. The smallest absolute Gasteiger partial charge is 0.107 e. The zero-order valence-corrected chi connectivity index (χ0v) is 13.0. The lowest BCUT2D eigenvalue weighted by molar-refractivity contribution is 0.177. The summed E-state index contributed by atoms with van der Waals surface area (Å²) in [6.45, 7) is 4.96. The Bertz CT molecular complexity index is 346. The second kappa shape index (κ2) is 6.53. The molecule has 2 rings (SSSR count). The van der Waals surface area contributed by atoms with E-state index in [9.17, 15) is 0 Å². The standard InChI is InChI=1S/C12H17BrClNOS/c1-2-4-15-11(8-3-5-16-7-8)10-6-9(13)12(14)17-10/h6,8,11,15H,2-5,7H2,1H3. The first-order valence-corrected chi connectivity index (χ1v) is 7.97. The molecular formula is C12H17BrClNOS. The minimum atomic E-state index is 0.381. The normalized spacial score (nSPS) is 21.9. The number of rotatable bonds is 5. The average molecular weight is 339 g/mol. The van der Waals surface area contributed by atoms with Crippen molar-refractivity contribution in [1.82, 2.24) is 5.32 Å². The van der Waals surface area contributed by atoms with Crippen molar-refractivity contribution in [3.8, 4) is 0 Å². The minimum absolute atomic E-state index is 0.381. The van der Waals surface area contributed by atoms with Gasteiger partial charge in [0.2, 0.25) is 0 Å². The van der Waals surface area contributed by atoms with Gasteiger partial charge in [-0.25, -0.2) is 0 Å². The second-order valence-electron chi connectivity index (χ2n) is 4.33. The molecule has 2 nitrogen and oxygen atoms in total. The summed E-state index contributed by atoms with van der Waals surface area (Å²) < 4.78 is 7.33. The van der Waals surface area contributed by atoms with E-state index in [-0.39, 0.29) is 0 Å². The van der Waals surface area contributed by atoms with Crippen LogP contribution in [0, 0.1) is 5.92 Å². The van der Waals surface area contributed by atoms with Gasteiger partial charge in [0.05, 0.1) is 6.61 Å². The lowest BCUT2D eigenvalue weighted by Gasteiger charge is -2.22. The topological polar surface area (TPSA) is 21.3 Å². The lowest BCUT2D eigenvalue weighted by atomic mass is 9.97. The van der Waals surface area contributed by atoms with Gasteiger partial charge in [-0.05, 0) is 41.4 Å². The molecule has 2 heterocycles. The molecule has 1 fully saturated rings.